The highest BCUT2D eigenvalue weighted by molar-refractivity contribution is 7.89. The molecule has 3 aliphatic rings. The lowest BCUT2D eigenvalue weighted by molar-refractivity contribution is 0.0454. The van der Waals surface area contributed by atoms with Crippen LogP contribution in [-0.2, 0) is 14.8 Å². The fourth-order valence-electron chi connectivity index (χ4n) is 4.18. The Hall–Kier alpha value is -2.18. The lowest BCUT2D eigenvalue weighted by Gasteiger charge is -2.34. The Morgan fingerprint density at radius 2 is 1.82 bits per heavy atom. The highest BCUT2D eigenvalue weighted by Crippen LogP contribution is 2.39. The third-order valence-electron chi connectivity index (χ3n) is 6.80. The van der Waals surface area contributed by atoms with Gasteiger partial charge in [0.15, 0.2) is 0 Å². The molecule has 4 rings (SSSR count). The van der Waals surface area contributed by atoms with Crippen LogP contribution in [0.5, 0.6) is 5.88 Å². The van der Waals surface area contributed by atoms with Crippen LogP contribution in [0.2, 0.25) is 0 Å². The van der Waals surface area contributed by atoms with Gasteiger partial charge < -0.3 is 25.0 Å². The summed E-state index contributed by atoms with van der Waals surface area (Å²) in [6.07, 6.45) is 7.21. The van der Waals surface area contributed by atoms with E-state index in [1.165, 1.54) is 4.31 Å². The molecule has 2 saturated heterocycles. The number of hydrogen-bond acceptors (Lipinski definition) is 9. The zero-order chi connectivity index (χ0) is 24.2. The molecule has 0 bridgehead atoms. The van der Waals surface area contributed by atoms with Crippen LogP contribution >= 0.6 is 0 Å². The number of ether oxygens (including phenoxy) is 2. The molecule has 3 heterocycles. The van der Waals surface area contributed by atoms with E-state index in [9.17, 15) is 13.2 Å². The molecule has 2 N–H and O–H groups in total. The predicted octanol–water partition coefficient (Wildman–Crippen LogP) is 1.06. The maximum atomic E-state index is 12.3. The van der Waals surface area contributed by atoms with Gasteiger partial charge in [-0.3, -0.25) is 0 Å². The molecule has 12 heteroatoms. The van der Waals surface area contributed by atoms with E-state index in [0.717, 1.165) is 25.7 Å². The monoisotopic (exact) mass is 496 g/mol. The minimum absolute atomic E-state index is 0.0951. The van der Waals surface area contributed by atoms with E-state index in [0.29, 0.717) is 76.5 Å². The Balaban J connectivity index is 1.17. The normalized spacial score (nSPS) is 21.4. The van der Waals surface area contributed by atoms with Crippen LogP contribution in [-0.4, -0.2) is 97.5 Å². The summed E-state index contributed by atoms with van der Waals surface area (Å²) in [7, 11) is -3.25. The zero-order valence-electron chi connectivity index (χ0n) is 19.9. The highest BCUT2D eigenvalue weighted by Gasteiger charge is 2.43. The van der Waals surface area contributed by atoms with Crippen molar-refractivity contribution < 1.29 is 22.7 Å². The van der Waals surface area contributed by atoms with Crippen LogP contribution in [0.1, 0.15) is 39.0 Å². The molecule has 190 valence electrons. The van der Waals surface area contributed by atoms with Crippen molar-refractivity contribution in [3.8, 4) is 5.88 Å². The lowest BCUT2D eigenvalue weighted by atomic mass is 9.98. The van der Waals surface area contributed by atoms with E-state index in [1.807, 2.05) is 11.8 Å². The fraction of sp³-hybridized carbons (Fsp3) is 0.773. The molecule has 3 fully saturated rings. The summed E-state index contributed by atoms with van der Waals surface area (Å²) in [5, 5.41) is 0. The largest absolute Gasteiger partial charge is 0.476 e. The number of rotatable bonds is 9. The maximum Gasteiger partial charge on any atom is 0.410 e. The van der Waals surface area contributed by atoms with Gasteiger partial charge in [-0.15, -0.1) is 0 Å². The number of likely N-dealkylation sites (tertiary alicyclic amines) is 1. The van der Waals surface area contributed by atoms with Crippen LogP contribution in [0.15, 0.2) is 12.4 Å². The average molecular weight is 497 g/mol. The summed E-state index contributed by atoms with van der Waals surface area (Å²) in [4.78, 5) is 24.9. The molecule has 0 aromatic carbocycles. The first-order chi connectivity index (χ1) is 16.3. The second-order valence-corrected chi connectivity index (χ2v) is 11.7. The molecule has 2 aliphatic heterocycles. The number of nitrogens with two attached hydrogens (primary N) is 1. The summed E-state index contributed by atoms with van der Waals surface area (Å²) in [5.41, 5.74) is 5.20. The summed E-state index contributed by atoms with van der Waals surface area (Å²) < 4.78 is 37.6. The molecule has 0 unspecified atom stereocenters. The second-order valence-electron chi connectivity index (χ2n) is 9.62. The summed E-state index contributed by atoms with van der Waals surface area (Å²) in [5.74, 6) is 1.63. The van der Waals surface area contributed by atoms with Gasteiger partial charge in [-0.2, -0.15) is 4.31 Å². The van der Waals surface area contributed by atoms with E-state index in [-0.39, 0.29) is 17.4 Å². The van der Waals surface area contributed by atoms with Crippen LogP contribution < -0.4 is 15.4 Å². The van der Waals surface area contributed by atoms with Crippen molar-refractivity contribution in [3.05, 3.63) is 12.4 Å². The molecule has 11 nitrogen and oxygen atoms in total. The first kappa shape index (κ1) is 24.9. The van der Waals surface area contributed by atoms with Crippen LogP contribution in [0, 0.1) is 5.92 Å². The topological polar surface area (TPSA) is 131 Å². The Morgan fingerprint density at radius 1 is 1.12 bits per heavy atom. The first-order valence-electron chi connectivity index (χ1n) is 12.1. The van der Waals surface area contributed by atoms with Crippen molar-refractivity contribution in [2.75, 3.05) is 63.1 Å². The van der Waals surface area contributed by atoms with Crippen LogP contribution in [0.4, 0.5) is 10.6 Å². The molecule has 34 heavy (non-hydrogen) atoms. The maximum absolute atomic E-state index is 12.3. The number of piperazine rings is 1. The third kappa shape index (κ3) is 6.48. The molecule has 0 spiro atoms. The quantitative estimate of drug-likeness (QED) is 0.533. The Labute approximate surface area is 201 Å². The molecular weight excluding hydrogens is 460 g/mol. The highest BCUT2D eigenvalue weighted by atomic mass is 32.2. The molecule has 1 aromatic rings. The smallest absolute Gasteiger partial charge is 0.410 e. The van der Waals surface area contributed by atoms with E-state index < -0.39 is 10.0 Å². The molecule has 1 saturated carbocycles. The SMILES string of the molecule is CC1(OC(=O)N2CCC(COc3cnc(N4CCN(S(=O)(=O)CCCN)CC4)cn3)CC2)CC1. The van der Waals surface area contributed by atoms with E-state index in [4.69, 9.17) is 15.2 Å². The van der Waals surface area contributed by atoms with E-state index >= 15 is 0 Å². The summed E-state index contributed by atoms with van der Waals surface area (Å²) in [6.45, 7) is 6.24. The average Bonchev–Trinajstić information content (AvgIpc) is 3.58. The minimum atomic E-state index is -3.25. The second kappa shape index (κ2) is 10.6. The third-order valence-corrected chi connectivity index (χ3v) is 8.76. The number of amides is 1. The number of sulfonamides is 1. The van der Waals surface area contributed by atoms with Crippen molar-refractivity contribution in [3.63, 3.8) is 0 Å². The Bertz CT molecular complexity index is 924. The van der Waals surface area contributed by atoms with E-state index in [1.54, 1.807) is 17.3 Å². The van der Waals surface area contributed by atoms with Gasteiger partial charge in [-0.1, -0.05) is 0 Å². The van der Waals surface area contributed by atoms with E-state index in [2.05, 4.69) is 9.97 Å². The number of anilines is 1. The summed E-state index contributed by atoms with van der Waals surface area (Å²) in [6, 6.07) is 0. The van der Waals surface area contributed by atoms with Gasteiger partial charge in [0.1, 0.15) is 11.4 Å². The van der Waals surface area contributed by atoms with Gasteiger partial charge in [0.25, 0.3) is 0 Å². The van der Waals surface area contributed by atoms with Crippen LogP contribution in [0.25, 0.3) is 0 Å². The number of nitrogens with zero attached hydrogens (tertiary/aromatic N) is 5. The van der Waals surface area contributed by atoms with Gasteiger partial charge >= 0.3 is 6.09 Å². The molecule has 1 aromatic heterocycles. The molecule has 0 atom stereocenters. The lowest BCUT2D eigenvalue weighted by Crippen LogP contribution is -2.49. The van der Waals surface area contributed by atoms with Gasteiger partial charge in [0.05, 0.1) is 24.8 Å². The van der Waals surface area contributed by atoms with Gasteiger partial charge in [-0.25, -0.2) is 23.2 Å². The first-order valence-corrected chi connectivity index (χ1v) is 13.7. The zero-order valence-corrected chi connectivity index (χ0v) is 20.7. The van der Waals surface area contributed by atoms with Crippen molar-refractivity contribution in [2.24, 2.45) is 11.7 Å². The fourth-order valence-corrected chi connectivity index (χ4v) is 5.69. The van der Waals surface area contributed by atoms with Crippen molar-refractivity contribution >= 4 is 21.9 Å². The molecule has 0 radical (unpaired) electrons. The number of aromatic nitrogens is 2. The number of carbonyl (C=O) groups excluding carboxylic acids is 1. The predicted molar refractivity (Wildman–Crippen MR) is 127 cm³/mol. The van der Waals surface area contributed by atoms with Crippen molar-refractivity contribution in [2.45, 2.75) is 44.6 Å². The van der Waals surface area contributed by atoms with Gasteiger partial charge in [0, 0.05) is 39.3 Å². The molecule has 1 aliphatic carbocycles. The number of piperidine rings is 1. The minimum Gasteiger partial charge on any atom is -0.476 e. The number of hydrogen-bond donors (Lipinski definition) is 1. The number of carbonyl (C=O) groups is 1. The Morgan fingerprint density at radius 3 is 2.41 bits per heavy atom. The van der Waals surface area contributed by atoms with Gasteiger partial charge in [-0.05, 0) is 51.5 Å². The standard InChI is InChI=1S/C22H36N6O5S/c1-22(5-6-22)33-21(29)27-8-3-18(4-9-27)17-32-20-16-24-19(15-25-20)26-10-12-28(13-11-26)34(30,31)14-2-7-23/h15-16,18H,2-14,17,23H2,1H3. The Kier molecular flexibility index (Phi) is 7.78. The van der Waals surface area contributed by atoms with Crippen molar-refractivity contribution in [1.29, 1.82) is 0 Å². The van der Waals surface area contributed by atoms with Crippen molar-refractivity contribution in [1.82, 2.24) is 19.2 Å². The van der Waals surface area contributed by atoms with Gasteiger partial charge in [0.2, 0.25) is 15.9 Å². The summed E-state index contributed by atoms with van der Waals surface area (Å²) >= 11 is 0. The molecule has 1 amide bonds. The van der Waals surface area contributed by atoms with Crippen LogP contribution in [0.3, 0.4) is 0 Å². The molecular formula is C22H36N6O5S.